The van der Waals surface area contributed by atoms with E-state index in [-0.39, 0.29) is 11.8 Å². The maximum Gasteiger partial charge on any atom is 0.409 e. The average Bonchev–Trinajstić information content (AvgIpc) is 2.76. The number of halogens is 1. The molecule has 0 saturated carbocycles. The van der Waals surface area contributed by atoms with Gasteiger partial charge in [0.15, 0.2) is 0 Å². The van der Waals surface area contributed by atoms with Crippen LogP contribution in [-0.2, 0) is 11.3 Å². The molecular formula is C22H28FN5O3. The van der Waals surface area contributed by atoms with Crippen molar-refractivity contribution in [1.82, 2.24) is 14.8 Å². The Balaban J connectivity index is 1.53. The number of hydrogen-bond acceptors (Lipinski definition) is 5. The lowest BCUT2D eigenvalue weighted by atomic mass is 10.1. The molecule has 0 aliphatic carbocycles. The predicted molar refractivity (Wildman–Crippen MR) is 117 cm³/mol. The number of rotatable bonds is 6. The van der Waals surface area contributed by atoms with Crippen molar-refractivity contribution in [1.29, 1.82) is 0 Å². The van der Waals surface area contributed by atoms with Gasteiger partial charge in [-0.1, -0.05) is 13.0 Å². The van der Waals surface area contributed by atoms with E-state index < -0.39 is 11.8 Å². The Morgan fingerprint density at radius 3 is 2.58 bits per heavy atom. The van der Waals surface area contributed by atoms with E-state index in [0.29, 0.717) is 45.0 Å². The van der Waals surface area contributed by atoms with Crippen molar-refractivity contribution in [3.05, 3.63) is 53.6 Å². The molecule has 0 bridgehead atoms. The molecule has 1 aliphatic heterocycles. The van der Waals surface area contributed by atoms with E-state index in [2.05, 4.69) is 20.5 Å². The highest BCUT2D eigenvalue weighted by Crippen LogP contribution is 2.19. The number of nitrogens with one attached hydrogen (secondary N) is 2. The Morgan fingerprint density at radius 1 is 1.13 bits per heavy atom. The highest BCUT2D eigenvalue weighted by Gasteiger charge is 2.22. The molecule has 0 radical (unpaired) electrons. The number of urea groups is 1. The standard InChI is InChI=1S/C22H28FN5O3/c1-3-12-31-22(30)28-10-8-27(9-11-28)15-17-5-7-19(23)20(13-17)26-21(29)25-18-6-4-16(2)24-14-18/h4-7,13-14H,3,8-12,15H2,1-2H3,(H2,25,26,29). The van der Waals surface area contributed by atoms with E-state index in [1.807, 2.05) is 13.8 Å². The summed E-state index contributed by atoms with van der Waals surface area (Å²) < 4.78 is 19.4. The van der Waals surface area contributed by atoms with Gasteiger partial charge in [0.1, 0.15) is 5.82 Å². The third kappa shape index (κ3) is 6.65. The molecule has 1 aromatic carbocycles. The van der Waals surface area contributed by atoms with Gasteiger partial charge in [-0.2, -0.15) is 0 Å². The second-order valence-corrected chi connectivity index (χ2v) is 7.46. The summed E-state index contributed by atoms with van der Waals surface area (Å²) in [6.45, 7) is 7.39. The second-order valence-electron chi connectivity index (χ2n) is 7.46. The van der Waals surface area contributed by atoms with Crippen LogP contribution in [0, 0.1) is 12.7 Å². The first-order valence-electron chi connectivity index (χ1n) is 10.4. The van der Waals surface area contributed by atoms with Crippen molar-refractivity contribution in [3.63, 3.8) is 0 Å². The molecule has 2 aromatic rings. The monoisotopic (exact) mass is 429 g/mol. The molecular weight excluding hydrogens is 401 g/mol. The molecule has 31 heavy (non-hydrogen) atoms. The van der Waals surface area contributed by atoms with E-state index in [0.717, 1.165) is 17.7 Å². The summed E-state index contributed by atoms with van der Waals surface area (Å²) in [5.74, 6) is -0.510. The van der Waals surface area contributed by atoms with Gasteiger partial charge in [-0.3, -0.25) is 9.88 Å². The Labute approximate surface area is 181 Å². The minimum Gasteiger partial charge on any atom is -0.449 e. The van der Waals surface area contributed by atoms with Gasteiger partial charge >= 0.3 is 12.1 Å². The maximum absolute atomic E-state index is 14.2. The lowest BCUT2D eigenvalue weighted by molar-refractivity contribution is 0.0746. The number of pyridine rings is 1. The number of carbonyl (C=O) groups is 2. The van der Waals surface area contributed by atoms with Crippen LogP contribution in [0.4, 0.5) is 25.4 Å². The van der Waals surface area contributed by atoms with Crippen LogP contribution in [0.15, 0.2) is 36.5 Å². The molecule has 1 fully saturated rings. The summed E-state index contributed by atoms with van der Waals surface area (Å²) in [4.78, 5) is 32.2. The number of hydrogen-bond donors (Lipinski definition) is 2. The quantitative estimate of drug-likeness (QED) is 0.729. The zero-order valence-electron chi connectivity index (χ0n) is 17.9. The maximum atomic E-state index is 14.2. The molecule has 0 unspecified atom stereocenters. The smallest absolute Gasteiger partial charge is 0.409 e. The zero-order valence-corrected chi connectivity index (χ0v) is 17.9. The number of piperazine rings is 1. The Bertz CT molecular complexity index is 899. The van der Waals surface area contributed by atoms with Gasteiger partial charge in [0.25, 0.3) is 0 Å². The molecule has 2 N–H and O–H groups in total. The summed E-state index contributed by atoms with van der Waals surface area (Å²) in [7, 11) is 0. The van der Waals surface area contributed by atoms with Crippen LogP contribution in [0.2, 0.25) is 0 Å². The van der Waals surface area contributed by atoms with Gasteiger partial charge in [-0.05, 0) is 43.2 Å². The highest BCUT2D eigenvalue weighted by atomic mass is 19.1. The number of aromatic nitrogens is 1. The molecule has 9 heteroatoms. The minimum atomic E-state index is -0.541. The Morgan fingerprint density at radius 2 is 1.90 bits per heavy atom. The molecule has 2 heterocycles. The lowest BCUT2D eigenvalue weighted by Gasteiger charge is -2.34. The van der Waals surface area contributed by atoms with Gasteiger partial charge in [-0.25, -0.2) is 14.0 Å². The normalized spacial score (nSPS) is 14.2. The average molecular weight is 429 g/mol. The van der Waals surface area contributed by atoms with Crippen LogP contribution in [0.25, 0.3) is 0 Å². The first-order valence-corrected chi connectivity index (χ1v) is 10.4. The Hall–Kier alpha value is -3.20. The summed E-state index contributed by atoms with van der Waals surface area (Å²) in [6, 6.07) is 7.64. The van der Waals surface area contributed by atoms with Crippen LogP contribution in [0.5, 0.6) is 0 Å². The number of aryl methyl sites for hydroxylation is 1. The van der Waals surface area contributed by atoms with Crippen molar-refractivity contribution < 1.29 is 18.7 Å². The second kappa shape index (κ2) is 10.7. The first-order chi connectivity index (χ1) is 14.9. The first kappa shape index (κ1) is 22.5. The van der Waals surface area contributed by atoms with Crippen molar-refractivity contribution in [3.8, 4) is 0 Å². The minimum absolute atomic E-state index is 0.108. The molecule has 3 rings (SSSR count). The number of carbonyl (C=O) groups excluding carboxylic acids is 2. The van der Waals surface area contributed by atoms with Gasteiger partial charge in [0, 0.05) is 38.4 Å². The van der Waals surface area contributed by atoms with E-state index in [1.54, 1.807) is 35.4 Å². The molecule has 3 amide bonds. The molecule has 0 spiro atoms. The van der Waals surface area contributed by atoms with Gasteiger partial charge in [0.05, 0.1) is 24.2 Å². The number of anilines is 2. The third-order valence-electron chi connectivity index (χ3n) is 4.91. The number of ether oxygens (including phenoxy) is 1. The van der Waals surface area contributed by atoms with Crippen molar-refractivity contribution in [2.75, 3.05) is 43.4 Å². The number of amides is 3. The summed E-state index contributed by atoms with van der Waals surface area (Å²) >= 11 is 0. The molecule has 166 valence electrons. The fraction of sp³-hybridized carbons (Fsp3) is 0.409. The molecule has 1 aromatic heterocycles. The van der Waals surface area contributed by atoms with E-state index >= 15 is 0 Å². The number of benzene rings is 1. The SMILES string of the molecule is CCCOC(=O)N1CCN(Cc2ccc(F)c(NC(=O)Nc3ccc(C)nc3)c2)CC1. The molecule has 8 nitrogen and oxygen atoms in total. The summed E-state index contributed by atoms with van der Waals surface area (Å²) in [6.07, 6.45) is 2.07. The fourth-order valence-electron chi connectivity index (χ4n) is 3.22. The van der Waals surface area contributed by atoms with E-state index in [4.69, 9.17) is 4.74 Å². The lowest BCUT2D eigenvalue weighted by Crippen LogP contribution is -2.48. The van der Waals surface area contributed by atoms with Crippen LogP contribution in [0.3, 0.4) is 0 Å². The Kier molecular flexibility index (Phi) is 7.77. The van der Waals surface area contributed by atoms with Crippen LogP contribution >= 0.6 is 0 Å². The predicted octanol–water partition coefficient (Wildman–Crippen LogP) is 3.84. The van der Waals surface area contributed by atoms with Crippen LogP contribution < -0.4 is 10.6 Å². The van der Waals surface area contributed by atoms with E-state index in [9.17, 15) is 14.0 Å². The van der Waals surface area contributed by atoms with Gasteiger partial charge in [-0.15, -0.1) is 0 Å². The highest BCUT2D eigenvalue weighted by molar-refractivity contribution is 5.99. The third-order valence-corrected chi connectivity index (χ3v) is 4.91. The molecule has 1 aliphatic rings. The van der Waals surface area contributed by atoms with Crippen LogP contribution in [0.1, 0.15) is 24.6 Å². The number of nitrogens with zero attached hydrogens (tertiary/aromatic N) is 3. The largest absolute Gasteiger partial charge is 0.449 e. The van der Waals surface area contributed by atoms with Crippen molar-refractivity contribution in [2.24, 2.45) is 0 Å². The van der Waals surface area contributed by atoms with Gasteiger partial charge < -0.3 is 20.3 Å². The van der Waals surface area contributed by atoms with Gasteiger partial charge in [0.2, 0.25) is 0 Å². The molecule has 1 saturated heterocycles. The van der Waals surface area contributed by atoms with Crippen molar-refractivity contribution in [2.45, 2.75) is 26.8 Å². The molecule has 0 atom stereocenters. The topological polar surface area (TPSA) is 86.8 Å². The van der Waals surface area contributed by atoms with E-state index in [1.165, 1.54) is 6.07 Å². The van der Waals surface area contributed by atoms with Crippen LogP contribution in [-0.4, -0.2) is 59.7 Å². The summed E-state index contributed by atoms with van der Waals surface area (Å²) in [5.41, 5.74) is 2.34. The summed E-state index contributed by atoms with van der Waals surface area (Å²) in [5, 5.41) is 5.19. The van der Waals surface area contributed by atoms with Crippen molar-refractivity contribution >= 4 is 23.5 Å². The fourth-order valence-corrected chi connectivity index (χ4v) is 3.22. The zero-order chi connectivity index (χ0) is 22.2.